The highest BCUT2D eigenvalue weighted by atomic mass is 16.3. The summed E-state index contributed by atoms with van der Waals surface area (Å²) in [4.78, 5) is 0. The zero-order valence-electron chi connectivity index (χ0n) is 20.2. The van der Waals surface area contributed by atoms with Crippen LogP contribution in [0.1, 0.15) is 59.8 Å². The fourth-order valence-corrected chi connectivity index (χ4v) is 7.57. The molecule has 0 amide bonds. The number of phenols is 1. The third-order valence-electron chi connectivity index (χ3n) is 8.99. The summed E-state index contributed by atoms with van der Waals surface area (Å²) in [7, 11) is 0. The van der Waals surface area contributed by atoms with Gasteiger partial charge in [-0.25, -0.2) is 4.57 Å². The van der Waals surface area contributed by atoms with Gasteiger partial charge in [-0.2, -0.15) is 0 Å². The number of benzene rings is 1. The number of phenolic OH excluding ortho intramolecular Hbond substituents is 1. The lowest BCUT2D eigenvalue weighted by Crippen LogP contribution is -2.17. The second kappa shape index (κ2) is 6.94. The van der Waals surface area contributed by atoms with Gasteiger partial charge in [0.1, 0.15) is 5.75 Å². The van der Waals surface area contributed by atoms with Crippen LogP contribution in [0.25, 0.3) is 11.4 Å². The average Bonchev–Trinajstić information content (AvgIpc) is 3.67. The first-order valence-electron chi connectivity index (χ1n) is 12.5. The van der Waals surface area contributed by atoms with Gasteiger partial charge in [0.05, 0.1) is 11.4 Å². The Morgan fingerprint density at radius 2 is 1.27 bits per heavy atom. The number of fused-ring (bicyclic) bond motifs is 10. The minimum absolute atomic E-state index is 0.00784. The Morgan fingerprint density at radius 3 is 1.78 bits per heavy atom. The maximum absolute atomic E-state index is 11.2. The first kappa shape index (κ1) is 22.0. The molecule has 4 atom stereocenters. The summed E-state index contributed by atoms with van der Waals surface area (Å²) in [6.45, 7) is 7.73. The highest BCUT2D eigenvalue weighted by Crippen LogP contribution is 2.63. The van der Waals surface area contributed by atoms with Crippen LogP contribution in [0.2, 0.25) is 0 Å². The first-order valence-corrected chi connectivity index (χ1v) is 12.5. The molecule has 4 aliphatic carbocycles. The molecule has 7 rings (SSSR count). The Balaban J connectivity index is 1.34. The van der Waals surface area contributed by atoms with Crippen LogP contribution >= 0.6 is 0 Å². The lowest BCUT2D eigenvalue weighted by Gasteiger charge is -2.23. The van der Waals surface area contributed by atoms with E-state index in [-0.39, 0.29) is 46.8 Å². The van der Waals surface area contributed by atoms with Gasteiger partial charge in [-0.1, -0.05) is 36.5 Å². The van der Waals surface area contributed by atoms with E-state index in [1.54, 1.807) is 12.1 Å². The number of hydrogen-bond acceptors (Lipinski definition) is 5. The zero-order chi connectivity index (χ0) is 25.9. The van der Waals surface area contributed by atoms with Crippen molar-refractivity contribution in [3.63, 3.8) is 0 Å². The Labute approximate surface area is 213 Å². The Kier molecular flexibility index (Phi) is 4.12. The predicted molar refractivity (Wildman–Crippen MR) is 139 cm³/mol. The van der Waals surface area contributed by atoms with Crippen LogP contribution < -0.4 is 0 Å². The van der Waals surface area contributed by atoms with Gasteiger partial charge in [0, 0.05) is 51.0 Å². The first-order chi connectivity index (χ1) is 17.8. The molecule has 3 aromatic rings. The van der Waals surface area contributed by atoms with E-state index in [0.717, 1.165) is 12.8 Å². The van der Waals surface area contributed by atoms with Crippen LogP contribution in [0, 0.1) is 0 Å². The van der Waals surface area contributed by atoms with Gasteiger partial charge in [-0.05, 0) is 37.8 Å². The zero-order valence-corrected chi connectivity index (χ0v) is 20.2. The summed E-state index contributed by atoms with van der Waals surface area (Å²) in [5.74, 6) is -0.541. The van der Waals surface area contributed by atoms with Crippen molar-refractivity contribution in [3.8, 4) is 40.6 Å². The summed E-state index contributed by atoms with van der Waals surface area (Å²) in [6, 6.07) is 4.61. The Hall–Kier alpha value is -4.26. The van der Waals surface area contributed by atoms with E-state index in [9.17, 15) is 25.5 Å². The van der Waals surface area contributed by atoms with Crippen LogP contribution in [0.5, 0.6) is 29.3 Å². The largest absolute Gasteiger partial charge is 0.506 e. The second-order valence-corrected chi connectivity index (χ2v) is 10.9. The fraction of sp³-hybridized carbons (Fsp3) is 0.267. The number of rotatable bonds is 6. The topological polar surface area (TPSA) is 111 Å². The number of aromatic hydroxyl groups is 5. The van der Waals surface area contributed by atoms with Crippen molar-refractivity contribution in [1.82, 2.24) is 9.13 Å². The highest BCUT2D eigenvalue weighted by Gasteiger charge is 2.52. The van der Waals surface area contributed by atoms with E-state index >= 15 is 0 Å². The molecule has 0 fully saturated rings. The van der Waals surface area contributed by atoms with Crippen LogP contribution in [-0.2, 0) is 10.8 Å². The maximum Gasteiger partial charge on any atom is 0.203 e. The number of aromatic nitrogens is 2. The molecule has 4 bridgehead atoms. The van der Waals surface area contributed by atoms with Crippen molar-refractivity contribution in [2.75, 3.05) is 0 Å². The van der Waals surface area contributed by atoms with E-state index < -0.39 is 10.8 Å². The van der Waals surface area contributed by atoms with Crippen molar-refractivity contribution in [2.24, 2.45) is 0 Å². The number of allylic oxidation sites excluding steroid dienone is 6. The summed E-state index contributed by atoms with van der Waals surface area (Å²) in [6.07, 6.45) is 14.8. The summed E-state index contributed by atoms with van der Waals surface area (Å²) in [5, 5.41) is 55.8. The molecule has 1 aromatic carbocycles. The van der Waals surface area contributed by atoms with Gasteiger partial charge in [-0.3, -0.25) is 4.57 Å². The van der Waals surface area contributed by atoms with E-state index in [1.165, 1.54) is 15.2 Å². The van der Waals surface area contributed by atoms with Crippen molar-refractivity contribution in [2.45, 2.75) is 48.3 Å². The molecule has 0 spiro atoms. The smallest absolute Gasteiger partial charge is 0.203 e. The van der Waals surface area contributed by atoms with Gasteiger partial charge in [0.15, 0.2) is 0 Å². The summed E-state index contributed by atoms with van der Waals surface area (Å²) in [5.41, 5.74) is 2.52. The molecule has 2 aromatic heterocycles. The van der Waals surface area contributed by atoms with Crippen LogP contribution in [-0.4, -0.2) is 34.7 Å². The molecule has 0 radical (unpaired) electrons. The van der Waals surface area contributed by atoms with Gasteiger partial charge < -0.3 is 25.5 Å². The number of nitrogens with zero attached hydrogens (tertiary/aromatic N) is 2. The van der Waals surface area contributed by atoms with Crippen LogP contribution in [0.4, 0.5) is 0 Å². The molecule has 0 aliphatic heterocycles. The lowest BCUT2D eigenvalue weighted by molar-refractivity contribution is 0.380. The molecule has 0 saturated heterocycles. The maximum atomic E-state index is 11.2. The Bertz CT molecular complexity index is 1600. The molecule has 4 unspecified atom stereocenters. The molecular formula is C30H28N2O5. The van der Waals surface area contributed by atoms with Crippen molar-refractivity contribution in [3.05, 3.63) is 90.1 Å². The number of hydrogen-bond donors (Lipinski definition) is 5. The van der Waals surface area contributed by atoms with Gasteiger partial charge in [0.25, 0.3) is 0 Å². The SMILES string of the molecule is C=CCC12C=CC(C1)c1c2c(O)n(-c2ccc(-n3c(O)c4c(c3O)C3(CC=C)C=CC4C3)c(O)c2)c1O. The van der Waals surface area contributed by atoms with E-state index in [1.807, 2.05) is 12.2 Å². The Morgan fingerprint density at radius 1 is 0.757 bits per heavy atom. The van der Waals surface area contributed by atoms with Gasteiger partial charge in [-0.15, -0.1) is 13.2 Å². The van der Waals surface area contributed by atoms with Gasteiger partial charge in [0.2, 0.25) is 23.5 Å². The minimum atomic E-state index is -0.414. The second-order valence-electron chi connectivity index (χ2n) is 10.9. The standard InChI is InChI=1S/C30H28N2O5/c1-3-9-29-11-7-16(14-29)21-23(29)27(36)31(25(21)34)18-5-6-19(20(33)13-18)32-26(35)22-17-8-12-30(15-17,10-4-2)24(22)28(32)37/h3-8,11-13,16-17,33-37H,1-2,9-10,14-15H2. The van der Waals surface area contributed by atoms with E-state index in [2.05, 4.69) is 37.5 Å². The molecule has 0 saturated carbocycles. The minimum Gasteiger partial charge on any atom is -0.506 e. The molecule has 7 nitrogen and oxygen atoms in total. The van der Waals surface area contributed by atoms with Crippen molar-refractivity contribution >= 4 is 0 Å². The lowest BCUT2D eigenvalue weighted by atomic mass is 9.81. The fourth-order valence-electron chi connectivity index (χ4n) is 7.57. The third-order valence-corrected chi connectivity index (χ3v) is 8.99. The van der Waals surface area contributed by atoms with E-state index in [4.69, 9.17) is 0 Å². The van der Waals surface area contributed by atoms with Gasteiger partial charge >= 0.3 is 0 Å². The molecular weight excluding hydrogens is 468 g/mol. The third kappa shape index (κ3) is 2.46. The quantitative estimate of drug-likeness (QED) is 0.288. The van der Waals surface area contributed by atoms with Crippen molar-refractivity contribution < 1.29 is 25.5 Å². The van der Waals surface area contributed by atoms with Crippen LogP contribution in [0.15, 0.2) is 67.8 Å². The highest BCUT2D eigenvalue weighted by molar-refractivity contribution is 5.69. The molecule has 37 heavy (non-hydrogen) atoms. The van der Waals surface area contributed by atoms with E-state index in [0.29, 0.717) is 40.8 Å². The predicted octanol–water partition coefficient (Wildman–Crippen LogP) is 5.54. The normalized spacial score (nSPS) is 27.7. The molecule has 4 aliphatic rings. The monoisotopic (exact) mass is 496 g/mol. The molecule has 2 heterocycles. The van der Waals surface area contributed by atoms with Crippen molar-refractivity contribution in [1.29, 1.82) is 0 Å². The van der Waals surface area contributed by atoms with Crippen LogP contribution in [0.3, 0.4) is 0 Å². The molecule has 5 N–H and O–H groups in total. The summed E-state index contributed by atoms with van der Waals surface area (Å²) < 4.78 is 2.60. The average molecular weight is 497 g/mol. The summed E-state index contributed by atoms with van der Waals surface area (Å²) >= 11 is 0. The molecule has 7 heteroatoms. The molecule has 188 valence electrons.